The summed E-state index contributed by atoms with van der Waals surface area (Å²) in [7, 11) is 2.83. The number of hydrogen-bond acceptors (Lipinski definition) is 9. The van der Waals surface area contributed by atoms with Crippen molar-refractivity contribution >= 4 is 29.6 Å². The lowest BCUT2D eigenvalue weighted by atomic mass is 9.85. The number of carbonyl (C=O) groups excluding carboxylic acids is 5. The summed E-state index contributed by atoms with van der Waals surface area (Å²) in [6.45, 7) is 9.12. The Hall–Kier alpha value is -4.73. The van der Waals surface area contributed by atoms with E-state index in [-0.39, 0.29) is 30.9 Å². The Balaban J connectivity index is 2.04. The summed E-state index contributed by atoms with van der Waals surface area (Å²) in [6, 6.07) is -0.192. The quantitative estimate of drug-likeness (QED) is 0.123. The molecule has 4 amide bonds. The van der Waals surface area contributed by atoms with Crippen molar-refractivity contribution in [2.45, 2.75) is 110 Å². The number of hydroxylamine groups is 2. The van der Waals surface area contributed by atoms with Crippen LogP contribution < -0.4 is 16.1 Å². The third-order valence-electron chi connectivity index (χ3n) is 10.1. The minimum atomic E-state index is -1.32. The maximum atomic E-state index is 14.3. The number of cyclic esters (lactones) is 1. The van der Waals surface area contributed by atoms with Crippen molar-refractivity contribution in [2.75, 3.05) is 20.7 Å². The van der Waals surface area contributed by atoms with E-state index in [1.165, 1.54) is 37.4 Å². The van der Waals surface area contributed by atoms with Crippen molar-refractivity contribution in [1.29, 1.82) is 0 Å². The molecule has 2 aliphatic rings. The number of halogens is 2. The molecule has 2 bridgehead atoms. The number of aliphatic hydroxyl groups excluding tert-OH is 1. The van der Waals surface area contributed by atoms with Crippen LogP contribution in [-0.4, -0.2) is 95.8 Å². The molecule has 0 aliphatic carbocycles. The van der Waals surface area contributed by atoms with E-state index in [0.29, 0.717) is 37.7 Å². The summed E-state index contributed by atoms with van der Waals surface area (Å²) >= 11 is 0. The van der Waals surface area contributed by atoms with Crippen molar-refractivity contribution in [3.8, 4) is 0 Å². The number of likely N-dealkylation sites (N-methyl/N-ethyl adjacent to an activating group) is 1. The molecule has 1 aromatic carbocycles. The third kappa shape index (κ3) is 14.0. The molecule has 314 valence electrons. The Bertz CT molecular complexity index is 1680. The van der Waals surface area contributed by atoms with Crippen LogP contribution in [0.3, 0.4) is 0 Å². The van der Waals surface area contributed by atoms with Gasteiger partial charge in [0.15, 0.2) is 11.6 Å². The molecule has 57 heavy (non-hydrogen) atoms. The van der Waals surface area contributed by atoms with Gasteiger partial charge in [0.1, 0.15) is 24.2 Å². The normalized spacial score (nSPS) is 27.5. The van der Waals surface area contributed by atoms with Crippen LogP contribution in [0, 0.1) is 29.4 Å². The smallest absolute Gasteiger partial charge is 0.325 e. The van der Waals surface area contributed by atoms with Gasteiger partial charge < -0.3 is 20.5 Å². The van der Waals surface area contributed by atoms with Crippen LogP contribution in [0.4, 0.5) is 8.78 Å². The lowest BCUT2D eigenvalue weighted by molar-refractivity contribution is -0.162. The maximum Gasteiger partial charge on any atom is 0.325 e. The van der Waals surface area contributed by atoms with Crippen molar-refractivity contribution in [2.24, 2.45) is 17.8 Å². The third-order valence-corrected chi connectivity index (χ3v) is 10.1. The zero-order valence-corrected chi connectivity index (χ0v) is 34.0. The highest BCUT2D eigenvalue weighted by molar-refractivity contribution is 5.93. The average molecular weight is 800 g/mol. The predicted octanol–water partition coefficient (Wildman–Crippen LogP) is 4.38. The summed E-state index contributed by atoms with van der Waals surface area (Å²) in [6.07, 6.45) is 12.2. The molecule has 1 aromatic rings. The van der Waals surface area contributed by atoms with Crippen molar-refractivity contribution in [1.82, 2.24) is 26.1 Å². The van der Waals surface area contributed by atoms with Gasteiger partial charge in [0.2, 0.25) is 11.8 Å². The first-order valence-corrected chi connectivity index (χ1v) is 19.6. The number of nitrogens with one attached hydrogen (secondary N) is 3. The second-order valence-corrected chi connectivity index (χ2v) is 15.0. The highest BCUT2D eigenvalue weighted by Gasteiger charge is 2.37. The second kappa shape index (κ2) is 22.9. The number of hydrazine groups is 1. The number of nitrogens with zero attached hydrogens (tertiary/aromatic N) is 2. The Morgan fingerprint density at radius 1 is 1.09 bits per heavy atom. The first kappa shape index (κ1) is 46.7. The maximum absolute atomic E-state index is 14.3. The molecule has 2 aliphatic heterocycles. The Morgan fingerprint density at radius 2 is 1.79 bits per heavy atom. The van der Waals surface area contributed by atoms with E-state index in [0.717, 1.165) is 17.2 Å². The van der Waals surface area contributed by atoms with Crippen LogP contribution in [0.25, 0.3) is 0 Å². The number of fused-ring (bicyclic) bond motifs is 2. The van der Waals surface area contributed by atoms with Crippen LogP contribution >= 0.6 is 0 Å². The number of ether oxygens (including phenoxy) is 1. The molecule has 0 saturated carbocycles. The van der Waals surface area contributed by atoms with Gasteiger partial charge in [-0.25, -0.2) is 19.3 Å². The Kier molecular flexibility index (Phi) is 18.7. The van der Waals surface area contributed by atoms with E-state index in [1.807, 2.05) is 32.1 Å². The molecule has 1 fully saturated rings. The van der Waals surface area contributed by atoms with Gasteiger partial charge in [-0.1, -0.05) is 76.6 Å². The van der Waals surface area contributed by atoms with Gasteiger partial charge in [0.25, 0.3) is 11.8 Å². The zero-order chi connectivity index (χ0) is 42.2. The number of hydrogen-bond donors (Lipinski definition) is 4. The molecule has 15 heteroatoms. The van der Waals surface area contributed by atoms with Crippen molar-refractivity contribution < 1.29 is 47.4 Å². The number of amides is 4. The monoisotopic (exact) mass is 799 g/mol. The molecule has 7 atom stereocenters. The van der Waals surface area contributed by atoms with E-state index >= 15 is 0 Å². The fraction of sp³-hybridized carbons (Fsp3) is 0.548. The SMILES string of the molecule is CCCC1C(=O)NC(C(C)C)C(=O)NC(Cc2ccc(F)c(F)c2)C(=O)N2CCCC(N2)C(=O)O[C@H](/C(C)=C/C=C/C(=O)N(C)OC)C/C=C/C=C/CC(C)C1O. The van der Waals surface area contributed by atoms with Gasteiger partial charge in [-0.15, -0.1) is 0 Å². The molecule has 13 nitrogen and oxygen atoms in total. The molecule has 2 heterocycles. The van der Waals surface area contributed by atoms with Gasteiger partial charge in [-0.3, -0.25) is 33.8 Å². The van der Waals surface area contributed by atoms with E-state index in [2.05, 4.69) is 16.1 Å². The van der Waals surface area contributed by atoms with Crippen LogP contribution in [0.15, 0.2) is 66.3 Å². The molecule has 6 unspecified atom stereocenters. The first-order valence-electron chi connectivity index (χ1n) is 19.6. The number of benzene rings is 1. The summed E-state index contributed by atoms with van der Waals surface area (Å²) in [5, 5.41) is 19.2. The van der Waals surface area contributed by atoms with Crippen LogP contribution in [0.1, 0.15) is 78.7 Å². The lowest BCUT2D eigenvalue weighted by Gasteiger charge is -2.36. The van der Waals surface area contributed by atoms with Crippen molar-refractivity contribution in [3.05, 3.63) is 83.5 Å². The van der Waals surface area contributed by atoms with E-state index in [1.54, 1.807) is 32.9 Å². The van der Waals surface area contributed by atoms with Crippen LogP contribution in [0.2, 0.25) is 0 Å². The highest BCUT2D eigenvalue weighted by atomic mass is 19.2. The fourth-order valence-corrected chi connectivity index (χ4v) is 6.55. The zero-order valence-electron chi connectivity index (χ0n) is 34.0. The van der Waals surface area contributed by atoms with E-state index in [9.17, 15) is 37.9 Å². The second-order valence-electron chi connectivity index (χ2n) is 15.0. The summed E-state index contributed by atoms with van der Waals surface area (Å²) in [5.74, 6) is -6.65. The highest BCUT2D eigenvalue weighted by Crippen LogP contribution is 2.23. The molecule has 0 aromatic heterocycles. The molecule has 0 spiro atoms. The molecule has 0 radical (unpaired) electrons. The van der Waals surface area contributed by atoms with Gasteiger partial charge in [0.05, 0.1) is 19.1 Å². The summed E-state index contributed by atoms with van der Waals surface area (Å²) in [5.41, 5.74) is 3.80. The van der Waals surface area contributed by atoms with E-state index < -0.39 is 83.4 Å². The minimum Gasteiger partial charge on any atom is -0.456 e. The van der Waals surface area contributed by atoms with Gasteiger partial charge in [-0.05, 0) is 67.7 Å². The Labute approximate surface area is 334 Å². The average Bonchev–Trinajstić information content (AvgIpc) is 3.19. The largest absolute Gasteiger partial charge is 0.456 e. The predicted molar refractivity (Wildman–Crippen MR) is 210 cm³/mol. The molecular formula is C42H59F2N5O8. The number of esters is 1. The number of carbonyl (C=O) groups is 5. The van der Waals surface area contributed by atoms with E-state index in [4.69, 9.17) is 9.57 Å². The number of rotatable bonds is 9. The standard InChI is InChI=1S/C42H59F2N5O8/c1-8-15-30-38(51)28(5)16-11-9-10-12-19-35(27(4)17-13-20-36(50)48(6)56-7)57-42(55)33-18-14-23-49(47-33)41(54)34(25-29-21-22-31(43)32(44)24-29)45-40(53)37(26(2)3)46-39(30)52/h9-13,17,20-22,24,26,28,30,33-35,37-38,47,51H,8,14-16,18-19,23,25H2,1-7H3,(H,45,53)(H,46,52)/b11-9+,12-10+,20-13+,27-17+/t28?,30?,33?,34?,35-,37?,38?/m0/s1. The van der Waals surface area contributed by atoms with Crippen LogP contribution in [0.5, 0.6) is 0 Å². The van der Waals surface area contributed by atoms with Crippen molar-refractivity contribution in [3.63, 3.8) is 0 Å². The number of allylic oxidation sites excluding steroid dienone is 5. The van der Waals surface area contributed by atoms with Gasteiger partial charge >= 0.3 is 5.97 Å². The molecule has 1 saturated heterocycles. The fourth-order valence-electron chi connectivity index (χ4n) is 6.55. The molecule has 4 N–H and O–H groups in total. The molecular weight excluding hydrogens is 740 g/mol. The lowest BCUT2D eigenvalue weighted by Crippen LogP contribution is -2.62. The number of aliphatic hydroxyl groups is 1. The van der Waals surface area contributed by atoms with Gasteiger partial charge in [-0.2, -0.15) is 0 Å². The Morgan fingerprint density at radius 3 is 2.44 bits per heavy atom. The first-order chi connectivity index (χ1) is 27.1. The van der Waals surface area contributed by atoms with Crippen LogP contribution in [-0.2, 0) is 40.0 Å². The topological polar surface area (TPSA) is 167 Å². The summed E-state index contributed by atoms with van der Waals surface area (Å²) < 4.78 is 34.2. The summed E-state index contributed by atoms with van der Waals surface area (Å²) in [4.78, 5) is 72.7. The minimum absolute atomic E-state index is 0.165. The van der Waals surface area contributed by atoms with Gasteiger partial charge in [0, 0.05) is 32.5 Å². The molecule has 3 rings (SSSR count).